The molecule has 0 aliphatic heterocycles. The fraction of sp³-hybridized carbons (Fsp3) is 0.0345. The van der Waals surface area contributed by atoms with Crippen LogP contribution in [0.1, 0.15) is 13.0 Å². The third-order valence-electron chi connectivity index (χ3n) is 17.1. The van der Waals surface area contributed by atoms with Crippen molar-refractivity contribution < 1.29 is 132 Å². The lowest BCUT2D eigenvalue weighted by molar-refractivity contribution is 0.414. The summed E-state index contributed by atoms with van der Waals surface area (Å²) in [6.45, 7) is 2.05. The van der Waals surface area contributed by atoms with Crippen LogP contribution in [0.5, 0.6) is 51.7 Å². The highest BCUT2D eigenvalue weighted by molar-refractivity contribution is 7.92. The molecule has 14 aromatic carbocycles. The number of phenols is 2. The third kappa shape index (κ3) is 27.2. The second kappa shape index (κ2) is 42.5. The predicted octanol–water partition coefficient (Wildman–Crippen LogP) is 17.9. The van der Waals surface area contributed by atoms with E-state index >= 15 is 0 Å². The molecule has 125 heavy (non-hydrogen) atoms. The zero-order valence-corrected chi connectivity index (χ0v) is 70.3. The Labute approximate surface area is 719 Å². The monoisotopic (exact) mass is 1860 g/mol. The van der Waals surface area contributed by atoms with Gasteiger partial charge in [-0.1, -0.05) is 97.9 Å². The minimum Gasteiger partial charge on any atom is -0.508 e. The molecule has 0 aliphatic rings. The molecule has 0 saturated heterocycles. The molecule has 14 rings (SSSR count). The van der Waals surface area contributed by atoms with Gasteiger partial charge in [0.05, 0.1) is 46.3 Å². The van der Waals surface area contributed by atoms with E-state index in [4.69, 9.17) is 59.0 Å². The summed E-state index contributed by atoms with van der Waals surface area (Å²) in [4.78, 5) is -2.97. The first-order valence-corrected chi connectivity index (χ1v) is 45.8. The molecule has 0 aromatic heterocycles. The molecule has 0 radical (unpaired) electrons. The maximum absolute atomic E-state index is 13.5. The molecule has 0 atom stereocenters. The minimum absolute atomic E-state index is 0. The summed E-state index contributed by atoms with van der Waals surface area (Å²) in [7, 11) is -30.4. The standard InChI is InChI=1S/C50H38O11S3.C12H8F2O5S2.C12H8F2O2S.C12H10O2.CH4.2O3S/c1-34-3-5-35(6-4-34)36-7-13-40(14-8-36)59-42-21-27-45(28-22-42)62(51,52)46-29-23-43(24-30-46)60-41-15-9-37(10-16-41)38-11-17-44(18-12-38)61-49-32-31-48(33-50(49)64(55,56)57)63(53,54)47-25-19-39(58-2)20-26-47;13-8-1-3-9(4-2-8)20(15,16)10-5-6-11(14)12(7-10)21(17,18)19;13-9-1-5-11(6-2-9)17(15,16)12-7-3-10(14)4-8-12;13-11-5-1-9(2-6-11)10-3-7-12(14)8-4-10;;2*1-4(2)3/h3-33H,1-2H3,(H,55,56,57);1-7H,(H,17,18,19);1-8H;1-8,13-14H;1H4;;. The predicted molar refractivity (Wildman–Crippen MR) is 449 cm³/mol. The fourth-order valence-electron chi connectivity index (χ4n) is 10.9. The number of rotatable bonds is 20. The lowest BCUT2D eigenvalue weighted by Crippen LogP contribution is -2.07. The normalized spacial score (nSPS) is 11.1. The molecule has 648 valence electrons. The Balaban J connectivity index is 0.000000253. The van der Waals surface area contributed by atoms with Gasteiger partial charge in [0.1, 0.15) is 84.8 Å². The minimum atomic E-state index is -4.90. The van der Waals surface area contributed by atoms with Gasteiger partial charge < -0.3 is 29.2 Å². The Morgan fingerprint density at radius 3 is 0.744 bits per heavy atom. The average Bonchev–Trinajstić information content (AvgIpc) is 0.775. The maximum Gasteiger partial charge on any atom is 0.425 e. The molecular weight excluding hydrogens is 1790 g/mol. The van der Waals surface area contributed by atoms with Gasteiger partial charge in [0.25, 0.3) is 20.2 Å². The molecule has 0 fully saturated rings. The van der Waals surface area contributed by atoms with E-state index in [0.717, 1.165) is 94.0 Å². The van der Waals surface area contributed by atoms with Gasteiger partial charge in [-0.05, 0) is 283 Å². The molecule has 0 saturated carbocycles. The highest BCUT2D eigenvalue weighted by Crippen LogP contribution is 2.37. The number of phenolic OH excluding ortho intramolecular Hbond substituents is 2. The van der Waals surface area contributed by atoms with E-state index in [0.29, 0.717) is 40.9 Å². The second-order valence-corrected chi connectivity index (χ2v) is 36.8. The summed E-state index contributed by atoms with van der Waals surface area (Å²) in [6, 6.07) is 79.7. The number of aromatic hydroxyl groups is 2. The van der Waals surface area contributed by atoms with Gasteiger partial charge in [-0.3, -0.25) is 9.11 Å². The van der Waals surface area contributed by atoms with Crippen LogP contribution < -0.4 is 18.9 Å². The van der Waals surface area contributed by atoms with Crippen LogP contribution in [0.3, 0.4) is 0 Å². The molecule has 14 aromatic rings. The van der Waals surface area contributed by atoms with Gasteiger partial charge in [-0.25, -0.2) is 51.2 Å². The van der Waals surface area contributed by atoms with Gasteiger partial charge in [-0.2, -0.15) is 16.8 Å². The highest BCUT2D eigenvalue weighted by Gasteiger charge is 2.27. The first-order chi connectivity index (χ1) is 58.5. The molecule has 0 unspecified atom stereocenters. The van der Waals surface area contributed by atoms with Crippen LogP contribution in [-0.2, 0) is 80.8 Å². The van der Waals surface area contributed by atoms with Crippen molar-refractivity contribution in [3.63, 3.8) is 0 Å². The Morgan fingerprint density at radius 2 is 0.472 bits per heavy atom. The number of methoxy groups -OCH3 is 1. The number of ether oxygens (including phenoxy) is 4. The molecular formula is C87H68F4O26S8. The van der Waals surface area contributed by atoms with Crippen molar-refractivity contribution >= 4 is 80.8 Å². The van der Waals surface area contributed by atoms with Crippen molar-refractivity contribution in [2.24, 2.45) is 0 Å². The summed E-state index contributed by atoms with van der Waals surface area (Å²) in [5.74, 6) is 0.0335. The zero-order chi connectivity index (χ0) is 90.5. The number of aryl methyl sites for hydroxylation is 1. The highest BCUT2D eigenvalue weighted by atomic mass is 32.2. The Bertz CT molecular complexity index is 6960. The quantitative estimate of drug-likeness (QED) is 0.0313. The molecule has 0 heterocycles. The summed E-state index contributed by atoms with van der Waals surface area (Å²) in [6.07, 6.45) is 0. The van der Waals surface area contributed by atoms with Crippen LogP contribution in [0.15, 0.2) is 377 Å². The van der Waals surface area contributed by atoms with Crippen molar-refractivity contribution in [1.82, 2.24) is 0 Å². The van der Waals surface area contributed by atoms with Crippen molar-refractivity contribution in [3.8, 4) is 85.1 Å². The first kappa shape index (κ1) is 96.9. The molecule has 4 N–H and O–H groups in total. The lowest BCUT2D eigenvalue weighted by atomic mass is 10.0. The number of benzene rings is 14. The van der Waals surface area contributed by atoms with Gasteiger partial charge in [0.2, 0.25) is 39.3 Å². The van der Waals surface area contributed by atoms with E-state index in [-0.39, 0.29) is 64.7 Å². The Morgan fingerprint density at radius 1 is 0.264 bits per heavy atom. The zero-order valence-electron chi connectivity index (χ0n) is 63.7. The lowest BCUT2D eigenvalue weighted by Gasteiger charge is -2.13. The molecule has 26 nitrogen and oxygen atoms in total. The fourth-order valence-corrected chi connectivity index (χ4v) is 17.4. The van der Waals surface area contributed by atoms with E-state index in [1.54, 1.807) is 84.9 Å². The SMILES string of the molecule is C.COc1ccc(S(=O)(=O)c2ccc(Oc3ccc(-c4ccc(Oc5ccc(S(=O)(=O)c6ccc(Oc7ccc(-c8ccc(C)cc8)cc7)cc6)cc5)cc4)cc3)c(S(=O)(=O)O)c2)cc1.O=S(=O)(O)c1cc(S(=O)(=O)c2ccc(F)cc2)ccc1F.O=S(=O)(c1ccc(F)cc1)c1ccc(F)cc1.O=S(=O)=O.O=S(=O)=O.Oc1ccc(-c2ccc(O)cc2)cc1. The van der Waals surface area contributed by atoms with Gasteiger partial charge >= 0.3 is 21.2 Å². The number of hydrogen-bond acceptors (Lipinski definition) is 24. The van der Waals surface area contributed by atoms with Crippen molar-refractivity contribution in [2.75, 3.05) is 7.11 Å². The molecule has 0 bridgehead atoms. The maximum atomic E-state index is 13.5. The largest absolute Gasteiger partial charge is 0.508 e. The van der Waals surface area contributed by atoms with Crippen LogP contribution in [0.25, 0.3) is 33.4 Å². The summed E-state index contributed by atoms with van der Waals surface area (Å²) >= 11 is 0. The van der Waals surface area contributed by atoms with Crippen LogP contribution >= 0.6 is 0 Å². The van der Waals surface area contributed by atoms with Crippen LogP contribution in [0.4, 0.5) is 17.6 Å². The van der Waals surface area contributed by atoms with E-state index in [9.17, 15) is 72.6 Å². The second-order valence-electron chi connectivity index (χ2n) is 25.4. The third-order valence-corrected chi connectivity index (χ3v) is 25.9. The van der Waals surface area contributed by atoms with E-state index < -0.39 is 119 Å². The van der Waals surface area contributed by atoms with Gasteiger partial charge in [0.15, 0.2) is 0 Å². The van der Waals surface area contributed by atoms with Gasteiger partial charge in [-0.15, -0.1) is 25.3 Å². The van der Waals surface area contributed by atoms with Crippen molar-refractivity contribution in [2.45, 2.75) is 63.3 Å². The average molecular weight is 1860 g/mol. The van der Waals surface area contributed by atoms with E-state index in [1.807, 2.05) is 67.6 Å². The Kier molecular flexibility index (Phi) is 33.0. The number of halogens is 4. The summed E-state index contributed by atoms with van der Waals surface area (Å²) < 4.78 is 292. The van der Waals surface area contributed by atoms with Crippen LogP contribution in [0, 0.1) is 30.2 Å². The summed E-state index contributed by atoms with van der Waals surface area (Å²) in [5.41, 5.74) is 7.00. The van der Waals surface area contributed by atoms with Crippen molar-refractivity contribution in [1.29, 1.82) is 0 Å². The Hall–Kier alpha value is -13.5. The van der Waals surface area contributed by atoms with Crippen molar-refractivity contribution in [3.05, 3.63) is 356 Å². The van der Waals surface area contributed by atoms with Crippen LogP contribution in [-0.4, -0.2) is 102 Å². The number of hydrogen-bond donors (Lipinski definition) is 4. The van der Waals surface area contributed by atoms with E-state index in [1.165, 1.54) is 97.6 Å². The van der Waals surface area contributed by atoms with E-state index in [2.05, 4.69) is 24.3 Å². The smallest absolute Gasteiger partial charge is 0.425 e. The first-order valence-electron chi connectivity index (χ1n) is 35.0. The molecule has 0 spiro atoms. The topological polar surface area (TPSA) is 425 Å². The molecule has 0 amide bonds. The number of sulfone groups is 4. The van der Waals surface area contributed by atoms with Gasteiger partial charge in [0, 0.05) is 0 Å². The summed E-state index contributed by atoms with van der Waals surface area (Å²) in [5, 5.41) is 18.2. The van der Waals surface area contributed by atoms with Crippen LogP contribution in [0.2, 0.25) is 0 Å². The molecule has 0 aliphatic carbocycles. The molecule has 38 heteroatoms.